The minimum atomic E-state index is -1.15. The number of rotatable bonds is 5. The van der Waals surface area contributed by atoms with Crippen LogP contribution in [0.4, 0.5) is 16.2 Å². The van der Waals surface area contributed by atoms with E-state index in [-0.39, 0.29) is 0 Å². The van der Waals surface area contributed by atoms with E-state index in [2.05, 4.69) is 10.6 Å². The summed E-state index contributed by atoms with van der Waals surface area (Å²) in [4.78, 5) is 32.5. The van der Waals surface area contributed by atoms with Crippen LogP contribution in [-0.4, -0.2) is 29.1 Å². The molecule has 1 aromatic rings. The first kappa shape index (κ1) is 14.5. The number of carbonyl (C=O) groups excluding carboxylic acids is 2. The van der Waals surface area contributed by atoms with Crippen molar-refractivity contribution in [2.75, 3.05) is 10.6 Å². The average molecular weight is 266 g/mol. The molecule has 1 aromatic carbocycles. The van der Waals surface area contributed by atoms with E-state index in [0.717, 1.165) is 0 Å². The summed E-state index contributed by atoms with van der Waals surface area (Å²) in [6.07, 6.45) is -0.451. The predicted molar refractivity (Wildman–Crippen MR) is 68.5 cm³/mol. The lowest BCUT2D eigenvalue weighted by atomic mass is 10.2. The molecular weight excluding hydrogens is 252 g/mol. The maximum atomic E-state index is 11.5. The smallest absolute Gasteiger partial charge is 0.316 e. The normalized spacial score (nSPS) is 11.4. The minimum Gasteiger partial charge on any atom is -0.481 e. The summed E-state index contributed by atoms with van der Waals surface area (Å²) >= 11 is 0. The molecule has 0 aliphatic carbocycles. The zero-order valence-corrected chi connectivity index (χ0v) is 9.92. The van der Waals surface area contributed by atoms with Crippen molar-refractivity contribution < 1.29 is 19.5 Å². The number of anilines is 2. The fraction of sp³-hybridized carbons (Fsp3) is 0.182. The van der Waals surface area contributed by atoms with Crippen LogP contribution in [0.1, 0.15) is 6.42 Å². The van der Waals surface area contributed by atoms with Crippen LogP contribution in [0, 0.1) is 0 Å². The fourth-order valence-corrected chi connectivity index (χ4v) is 1.29. The van der Waals surface area contributed by atoms with Crippen molar-refractivity contribution in [2.45, 2.75) is 12.5 Å². The van der Waals surface area contributed by atoms with Crippen molar-refractivity contribution in [1.82, 2.24) is 0 Å². The third-order valence-electron chi connectivity index (χ3n) is 2.15. The van der Waals surface area contributed by atoms with Gasteiger partial charge in [0, 0.05) is 11.4 Å². The highest BCUT2D eigenvalue weighted by Gasteiger charge is 2.16. The highest BCUT2D eigenvalue weighted by molar-refractivity contribution is 5.97. The molecule has 1 atom stereocenters. The molecule has 0 saturated heterocycles. The SMILES string of the molecule is NC(=O)Nc1ccc(NC(=O)C(N)CC(=O)O)cc1. The maximum Gasteiger partial charge on any atom is 0.316 e. The van der Waals surface area contributed by atoms with Crippen molar-refractivity contribution in [3.63, 3.8) is 0 Å². The van der Waals surface area contributed by atoms with Crippen molar-refractivity contribution >= 4 is 29.3 Å². The van der Waals surface area contributed by atoms with Crippen LogP contribution in [0.5, 0.6) is 0 Å². The van der Waals surface area contributed by atoms with E-state index in [1.54, 1.807) is 0 Å². The summed E-state index contributed by atoms with van der Waals surface area (Å²) in [5, 5.41) is 13.3. The second-order valence-corrected chi connectivity index (χ2v) is 3.76. The van der Waals surface area contributed by atoms with Crippen LogP contribution in [0.2, 0.25) is 0 Å². The van der Waals surface area contributed by atoms with Gasteiger partial charge in [0.25, 0.3) is 0 Å². The lowest BCUT2D eigenvalue weighted by Crippen LogP contribution is -2.37. The lowest BCUT2D eigenvalue weighted by molar-refractivity contribution is -0.138. The number of nitrogens with two attached hydrogens (primary N) is 2. The molecule has 0 aliphatic heterocycles. The van der Waals surface area contributed by atoms with Crippen LogP contribution < -0.4 is 22.1 Å². The molecule has 19 heavy (non-hydrogen) atoms. The van der Waals surface area contributed by atoms with Crippen LogP contribution in [0.15, 0.2) is 24.3 Å². The first-order chi connectivity index (χ1) is 8.88. The second kappa shape index (κ2) is 6.36. The highest BCUT2D eigenvalue weighted by atomic mass is 16.4. The average Bonchev–Trinajstić information content (AvgIpc) is 2.30. The molecule has 0 radical (unpaired) electrons. The molecule has 0 bridgehead atoms. The summed E-state index contributed by atoms with van der Waals surface area (Å²) in [6, 6.07) is 4.29. The highest BCUT2D eigenvalue weighted by Crippen LogP contribution is 2.13. The molecule has 1 rings (SSSR count). The first-order valence-electron chi connectivity index (χ1n) is 5.33. The Labute approximate surface area is 108 Å². The van der Waals surface area contributed by atoms with Crippen molar-refractivity contribution in [1.29, 1.82) is 0 Å². The quantitative estimate of drug-likeness (QED) is 0.505. The monoisotopic (exact) mass is 266 g/mol. The molecular formula is C11H14N4O4. The third kappa shape index (κ3) is 5.04. The molecule has 0 aliphatic rings. The van der Waals surface area contributed by atoms with E-state index in [0.29, 0.717) is 11.4 Å². The van der Waals surface area contributed by atoms with Gasteiger partial charge in [-0.1, -0.05) is 0 Å². The number of hydrogen-bond donors (Lipinski definition) is 5. The van der Waals surface area contributed by atoms with Crippen molar-refractivity contribution in [2.24, 2.45) is 11.5 Å². The fourth-order valence-electron chi connectivity index (χ4n) is 1.29. The van der Waals surface area contributed by atoms with Crippen molar-refractivity contribution in [3.8, 4) is 0 Å². The van der Waals surface area contributed by atoms with Gasteiger partial charge in [0.1, 0.15) is 0 Å². The number of aliphatic carboxylic acids is 1. The maximum absolute atomic E-state index is 11.5. The molecule has 0 spiro atoms. The number of primary amides is 1. The number of urea groups is 1. The molecule has 7 N–H and O–H groups in total. The molecule has 8 nitrogen and oxygen atoms in total. The molecule has 0 aromatic heterocycles. The van der Waals surface area contributed by atoms with Gasteiger partial charge < -0.3 is 27.2 Å². The summed E-state index contributed by atoms with van der Waals surface area (Å²) in [7, 11) is 0. The van der Waals surface area contributed by atoms with Crippen molar-refractivity contribution in [3.05, 3.63) is 24.3 Å². The standard InChI is InChI=1S/C11H14N4O4/c12-8(5-9(16)17)10(18)14-6-1-3-7(4-2-6)15-11(13)19/h1-4,8H,5,12H2,(H,14,18)(H,16,17)(H3,13,15,19). The second-order valence-electron chi connectivity index (χ2n) is 3.76. The molecule has 0 heterocycles. The van der Waals surface area contributed by atoms with Gasteiger partial charge in [0.05, 0.1) is 12.5 Å². The molecule has 0 fully saturated rings. The number of carboxylic acids is 1. The molecule has 0 saturated carbocycles. The summed E-state index contributed by atoms with van der Waals surface area (Å²) in [5.74, 6) is -1.75. The Kier molecular flexibility index (Phi) is 4.84. The van der Waals surface area contributed by atoms with Crippen LogP contribution in [0.25, 0.3) is 0 Å². The minimum absolute atomic E-state index is 0.431. The Hall–Kier alpha value is -2.61. The zero-order valence-electron chi connectivity index (χ0n) is 9.92. The number of amides is 3. The van der Waals surface area contributed by atoms with E-state index in [1.807, 2.05) is 0 Å². The number of carboxylic acid groups (broad SMARTS) is 1. The van der Waals surface area contributed by atoms with Gasteiger partial charge in [0.2, 0.25) is 5.91 Å². The van der Waals surface area contributed by atoms with Gasteiger partial charge in [-0.25, -0.2) is 4.79 Å². The summed E-state index contributed by atoms with van der Waals surface area (Å²) in [6.45, 7) is 0. The predicted octanol–water partition coefficient (Wildman–Crippen LogP) is -0.0823. The van der Waals surface area contributed by atoms with Gasteiger partial charge in [-0.15, -0.1) is 0 Å². The Morgan fingerprint density at radius 2 is 1.58 bits per heavy atom. The Balaban J connectivity index is 2.60. The van der Waals surface area contributed by atoms with Crippen LogP contribution in [0.3, 0.4) is 0 Å². The molecule has 102 valence electrons. The molecule has 8 heteroatoms. The van der Waals surface area contributed by atoms with Gasteiger partial charge in [-0.2, -0.15) is 0 Å². The van der Waals surface area contributed by atoms with E-state index in [9.17, 15) is 14.4 Å². The van der Waals surface area contributed by atoms with E-state index in [1.165, 1.54) is 24.3 Å². The summed E-state index contributed by atoms with van der Waals surface area (Å²) < 4.78 is 0. The van der Waals surface area contributed by atoms with Gasteiger partial charge >= 0.3 is 12.0 Å². The summed E-state index contributed by atoms with van der Waals surface area (Å²) in [5.41, 5.74) is 11.2. The van der Waals surface area contributed by atoms with Gasteiger partial charge in [-0.3, -0.25) is 9.59 Å². The first-order valence-corrected chi connectivity index (χ1v) is 5.33. The molecule has 3 amide bonds. The van der Waals surface area contributed by atoms with Gasteiger partial charge in [0.15, 0.2) is 0 Å². The van der Waals surface area contributed by atoms with E-state index >= 15 is 0 Å². The topological polar surface area (TPSA) is 148 Å². The Bertz CT molecular complexity index is 486. The van der Waals surface area contributed by atoms with Gasteiger partial charge in [-0.05, 0) is 24.3 Å². The zero-order chi connectivity index (χ0) is 14.4. The largest absolute Gasteiger partial charge is 0.481 e. The van der Waals surface area contributed by atoms with Crippen LogP contribution >= 0.6 is 0 Å². The number of benzene rings is 1. The Morgan fingerprint density at radius 3 is 2.00 bits per heavy atom. The number of carbonyl (C=O) groups is 3. The van der Waals surface area contributed by atoms with E-state index < -0.39 is 30.4 Å². The van der Waals surface area contributed by atoms with Crippen LogP contribution in [-0.2, 0) is 9.59 Å². The van der Waals surface area contributed by atoms with E-state index in [4.69, 9.17) is 16.6 Å². The third-order valence-corrected chi connectivity index (χ3v) is 2.15. The Morgan fingerprint density at radius 1 is 1.11 bits per heavy atom. The number of hydrogen-bond acceptors (Lipinski definition) is 4. The molecule has 1 unspecified atom stereocenters. The lowest BCUT2D eigenvalue weighted by Gasteiger charge is -2.10. The number of nitrogens with one attached hydrogen (secondary N) is 2.